The van der Waals surface area contributed by atoms with Crippen molar-refractivity contribution in [2.45, 2.75) is 54.9 Å². The fourth-order valence-corrected chi connectivity index (χ4v) is 8.90. The molecule has 0 amide bonds. The van der Waals surface area contributed by atoms with E-state index in [1.54, 1.807) is 28.2 Å². The molecule has 0 spiro atoms. The van der Waals surface area contributed by atoms with Crippen molar-refractivity contribution < 1.29 is 23.1 Å². The Morgan fingerprint density at radius 1 is 1.23 bits per heavy atom. The Morgan fingerprint density at radius 3 is 2.60 bits per heavy atom. The molecule has 190 valence electrons. The number of hydrogen-bond donors (Lipinski definition) is 1. The highest BCUT2D eigenvalue weighted by Crippen LogP contribution is 2.38. The van der Waals surface area contributed by atoms with Crippen LogP contribution in [-0.4, -0.2) is 48.7 Å². The van der Waals surface area contributed by atoms with E-state index in [1.165, 1.54) is 11.3 Å². The zero-order chi connectivity index (χ0) is 25.8. The molecule has 0 saturated heterocycles. The maximum Gasteiger partial charge on any atom is 0.341 e. The summed E-state index contributed by atoms with van der Waals surface area (Å²) in [5, 5.41) is 10.3. The fourth-order valence-electron chi connectivity index (χ4n) is 3.87. The first kappa shape index (κ1) is 27.8. The van der Waals surface area contributed by atoms with Gasteiger partial charge in [-0.3, -0.25) is 0 Å². The predicted molar refractivity (Wildman–Crippen MR) is 145 cm³/mol. The number of ether oxygens (including phenoxy) is 1. The van der Waals surface area contributed by atoms with Gasteiger partial charge in [0.15, 0.2) is 6.61 Å². The van der Waals surface area contributed by atoms with Gasteiger partial charge in [-0.2, -0.15) is 4.31 Å². The Morgan fingerprint density at radius 2 is 1.97 bits per heavy atom. The molecule has 2 aromatic carbocycles. The lowest BCUT2D eigenvalue weighted by Crippen LogP contribution is -2.36. The number of aliphatic carboxylic acids is 1. The third-order valence-corrected chi connectivity index (χ3v) is 10.3. The van der Waals surface area contributed by atoms with Gasteiger partial charge in [-0.25, -0.2) is 13.2 Å². The van der Waals surface area contributed by atoms with E-state index in [1.807, 2.05) is 52.0 Å². The summed E-state index contributed by atoms with van der Waals surface area (Å²) in [4.78, 5) is 11.7. The average molecular weight is 556 g/mol. The first-order chi connectivity index (χ1) is 16.6. The van der Waals surface area contributed by atoms with Crippen molar-refractivity contribution in [3.8, 4) is 5.75 Å². The number of sulfonamides is 1. The van der Waals surface area contributed by atoms with E-state index in [4.69, 9.17) is 21.4 Å². The second-order valence-electron chi connectivity index (χ2n) is 8.26. The summed E-state index contributed by atoms with van der Waals surface area (Å²) < 4.78 is 35.8. The maximum absolute atomic E-state index is 13.8. The lowest BCUT2D eigenvalue weighted by molar-refractivity contribution is -0.139. The summed E-state index contributed by atoms with van der Waals surface area (Å²) in [5.41, 5.74) is 1.65. The second-order valence-corrected chi connectivity index (χ2v) is 13.4. The maximum atomic E-state index is 13.8. The number of fused-ring (bicyclic) bond motifs is 1. The number of nitrogens with zero attached hydrogens (tertiary/aromatic N) is 1. The van der Waals surface area contributed by atoms with Crippen molar-refractivity contribution in [1.29, 1.82) is 0 Å². The van der Waals surface area contributed by atoms with Crippen molar-refractivity contribution in [1.82, 2.24) is 4.31 Å². The minimum atomic E-state index is -3.68. The molecule has 1 N–H and O–H groups in total. The van der Waals surface area contributed by atoms with Crippen LogP contribution in [0.3, 0.4) is 0 Å². The number of carboxylic acid groups (broad SMARTS) is 1. The third kappa shape index (κ3) is 6.71. The van der Waals surface area contributed by atoms with Crippen LogP contribution >= 0.6 is 34.7 Å². The lowest BCUT2D eigenvalue weighted by Gasteiger charge is -2.25. The summed E-state index contributed by atoms with van der Waals surface area (Å²) in [7, 11) is -3.68. The number of aryl methyl sites for hydroxylation is 2. The van der Waals surface area contributed by atoms with Gasteiger partial charge in [0.1, 0.15) is 9.96 Å². The molecule has 0 aliphatic rings. The molecule has 3 rings (SSSR count). The minimum absolute atomic E-state index is 0.00425. The minimum Gasteiger partial charge on any atom is -0.482 e. The Hall–Kier alpha value is -1.78. The van der Waals surface area contributed by atoms with E-state index < -0.39 is 22.6 Å². The number of thioether (sulfide) groups is 1. The van der Waals surface area contributed by atoms with Crippen LogP contribution in [0.15, 0.2) is 45.5 Å². The summed E-state index contributed by atoms with van der Waals surface area (Å²) in [6, 6.07) is 11.1. The van der Waals surface area contributed by atoms with Gasteiger partial charge in [-0.15, -0.1) is 23.1 Å². The van der Waals surface area contributed by atoms with Gasteiger partial charge in [0, 0.05) is 33.0 Å². The molecule has 1 aromatic heterocycles. The Labute approximate surface area is 220 Å². The van der Waals surface area contributed by atoms with Crippen molar-refractivity contribution in [2.24, 2.45) is 0 Å². The molecule has 6 nitrogen and oxygen atoms in total. The van der Waals surface area contributed by atoms with Crippen molar-refractivity contribution in [2.75, 3.05) is 19.7 Å². The molecule has 0 fully saturated rings. The molecular formula is C25H30ClNO5S3. The van der Waals surface area contributed by atoms with Crippen LogP contribution in [0.1, 0.15) is 38.3 Å². The van der Waals surface area contributed by atoms with Crippen LogP contribution in [0.5, 0.6) is 5.75 Å². The normalized spacial score (nSPS) is 12.9. The molecule has 1 heterocycles. The SMILES string of the molecule is CCCN(CC(C)Sc1ccc(OCC(=O)O)c(C)c1)S(=O)(=O)c1sc2ccc(Cl)cc2c1CC. The molecule has 10 heteroatoms. The number of rotatable bonds is 12. The number of hydrogen-bond acceptors (Lipinski definition) is 6. The molecule has 0 radical (unpaired) electrons. The zero-order valence-electron chi connectivity index (χ0n) is 20.2. The third-order valence-electron chi connectivity index (χ3n) is 5.41. The summed E-state index contributed by atoms with van der Waals surface area (Å²) in [6.45, 7) is 8.23. The van der Waals surface area contributed by atoms with Gasteiger partial charge in [0.2, 0.25) is 0 Å². The highest BCUT2D eigenvalue weighted by atomic mass is 35.5. The number of carbonyl (C=O) groups is 1. The highest BCUT2D eigenvalue weighted by molar-refractivity contribution is 8.00. The van der Waals surface area contributed by atoms with Crippen LogP contribution in [0.4, 0.5) is 0 Å². The fraction of sp³-hybridized carbons (Fsp3) is 0.400. The van der Waals surface area contributed by atoms with E-state index in [-0.39, 0.29) is 5.25 Å². The highest BCUT2D eigenvalue weighted by Gasteiger charge is 2.30. The Balaban J connectivity index is 1.81. The number of benzene rings is 2. The largest absolute Gasteiger partial charge is 0.482 e. The quantitative estimate of drug-likeness (QED) is 0.258. The summed E-state index contributed by atoms with van der Waals surface area (Å²) in [6.07, 6.45) is 1.32. The molecule has 0 aliphatic heterocycles. The van der Waals surface area contributed by atoms with E-state index in [2.05, 4.69) is 0 Å². The molecular weight excluding hydrogens is 526 g/mol. The van der Waals surface area contributed by atoms with Gasteiger partial charge >= 0.3 is 5.97 Å². The number of thiophene rings is 1. The van der Waals surface area contributed by atoms with E-state index in [9.17, 15) is 13.2 Å². The van der Waals surface area contributed by atoms with Crippen LogP contribution < -0.4 is 4.74 Å². The second kappa shape index (κ2) is 12.0. The predicted octanol–water partition coefficient (Wildman–Crippen LogP) is 6.47. The number of halogens is 1. The standard InChI is InChI=1S/C25H30ClNO5S3/c1-5-11-27(14-17(4)33-19-8-9-22(16(3)12-19)32-15-24(28)29)35(30,31)25-20(6-2)21-13-18(26)7-10-23(21)34-25/h7-10,12-13,17H,5-6,11,14-15H2,1-4H3,(H,28,29). The van der Waals surface area contributed by atoms with Crippen LogP contribution in [0.25, 0.3) is 10.1 Å². The molecule has 1 atom stereocenters. The lowest BCUT2D eigenvalue weighted by atomic mass is 10.1. The van der Waals surface area contributed by atoms with Gasteiger partial charge in [0.25, 0.3) is 10.0 Å². The van der Waals surface area contributed by atoms with Gasteiger partial charge in [-0.1, -0.05) is 32.4 Å². The Bertz CT molecular complexity index is 1310. The van der Waals surface area contributed by atoms with Crippen LogP contribution in [-0.2, 0) is 21.2 Å². The zero-order valence-corrected chi connectivity index (χ0v) is 23.4. The van der Waals surface area contributed by atoms with E-state index in [0.29, 0.717) is 40.9 Å². The van der Waals surface area contributed by atoms with Crippen molar-refractivity contribution in [3.63, 3.8) is 0 Å². The summed E-state index contributed by atoms with van der Waals surface area (Å²) >= 11 is 9.08. The van der Waals surface area contributed by atoms with E-state index >= 15 is 0 Å². The monoisotopic (exact) mass is 555 g/mol. The van der Waals surface area contributed by atoms with Crippen LogP contribution in [0, 0.1) is 6.92 Å². The van der Waals surface area contributed by atoms with E-state index in [0.717, 1.165) is 26.1 Å². The van der Waals surface area contributed by atoms with Crippen molar-refractivity contribution >= 4 is 60.8 Å². The Kier molecular flexibility index (Phi) is 9.51. The molecule has 3 aromatic rings. The smallest absolute Gasteiger partial charge is 0.341 e. The molecule has 1 unspecified atom stereocenters. The van der Waals surface area contributed by atoms with Crippen LogP contribution in [0.2, 0.25) is 5.02 Å². The topological polar surface area (TPSA) is 83.9 Å². The van der Waals surface area contributed by atoms with Gasteiger partial charge in [0.05, 0.1) is 0 Å². The summed E-state index contributed by atoms with van der Waals surface area (Å²) in [5.74, 6) is -0.502. The average Bonchev–Trinajstić information content (AvgIpc) is 3.16. The first-order valence-electron chi connectivity index (χ1n) is 11.4. The van der Waals surface area contributed by atoms with Gasteiger partial charge in [-0.05, 0) is 72.7 Å². The molecule has 0 bridgehead atoms. The first-order valence-corrected chi connectivity index (χ1v) is 14.9. The van der Waals surface area contributed by atoms with Crippen molar-refractivity contribution in [3.05, 3.63) is 52.5 Å². The molecule has 0 aliphatic carbocycles. The van der Waals surface area contributed by atoms with Gasteiger partial charge < -0.3 is 9.84 Å². The molecule has 35 heavy (non-hydrogen) atoms. The number of carboxylic acids is 1. The molecule has 0 saturated carbocycles.